The second-order valence-electron chi connectivity index (χ2n) is 5.63. The number of anilines is 1. The summed E-state index contributed by atoms with van der Waals surface area (Å²) in [5, 5.41) is 5.48. The Balaban J connectivity index is 1.47. The average Bonchev–Trinajstić information content (AvgIpc) is 3.14. The lowest BCUT2D eigenvalue weighted by atomic mass is 10.0. The summed E-state index contributed by atoms with van der Waals surface area (Å²) in [7, 11) is 0. The zero-order chi connectivity index (χ0) is 16.5. The zero-order valence-corrected chi connectivity index (χ0v) is 12.7. The number of carbonyl (C=O) groups is 1. The third-order valence-corrected chi connectivity index (χ3v) is 4.14. The van der Waals surface area contributed by atoms with Gasteiger partial charge in [0.05, 0.1) is 24.3 Å². The number of nitrogens with zero attached hydrogens (tertiary/aromatic N) is 2. The van der Waals surface area contributed by atoms with Crippen LogP contribution in [0.25, 0.3) is 11.3 Å². The van der Waals surface area contributed by atoms with Gasteiger partial charge < -0.3 is 15.2 Å². The molecule has 2 amide bonds. The number of benzene rings is 2. The Labute approximate surface area is 138 Å². The van der Waals surface area contributed by atoms with Gasteiger partial charge in [-0.15, -0.1) is 0 Å². The molecule has 0 saturated carbocycles. The number of halogens is 1. The number of fused-ring (bicyclic) bond motifs is 3. The van der Waals surface area contributed by atoms with Crippen molar-refractivity contribution >= 4 is 11.7 Å². The third-order valence-electron chi connectivity index (χ3n) is 4.14. The van der Waals surface area contributed by atoms with E-state index in [0.29, 0.717) is 12.2 Å². The second-order valence-corrected chi connectivity index (χ2v) is 5.63. The van der Waals surface area contributed by atoms with Crippen LogP contribution < -0.4 is 10.6 Å². The summed E-state index contributed by atoms with van der Waals surface area (Å²) in [6.45, 7) is 0.418. The maximum absolute atomic E-state index is 13.2. The van der Waals surface area contributed by atoms with Crippen molar-refractivity contribution in [3.63, 3.8) is 0 Å². The Bertz CT molecular complexity index is 905. The minimum absolute atomic E-state index is 0.00282. The highest BCUT2D eigenvalue weighted by atomic mass is 19.1. The highest BCUT2D eigenvalue weighted by molar-refractivity contribution is 5.89. The standard InChI is InChI=1S/C18H15FN4O/c19-12-4-3-5-13(8-12)22-18(24)21-10-17-15-7-2-1-6-14(15)16-9-20-11-23(16)17/h1-9,11,17H,10H2,(H2,21,22,24). The molecule has 1 aliphatic heterocycles. The van der Waals surface area contributed by atoms with Crippen molar-refractivity contribution in [3.8, 4) is 11.3 Å². The molecule has 0 spiro atoms. The van der Waals surface area contributed by atoms with E-state index in [-0.39, 0.29) is 17.9 Å². The molecule has 3 aromatic rings. The fourth-order valence-electron chi connectivity index (χ4n) is 3.07. The molecule has 0 radical (unpaired) electrons. The summed E-state index contributed by atoms with van der Waals surface area (Å²) in [6, 6.07) is 13.5. The van der Waals surface area contributed by atoms with Crippen LogP contribution in [-0.2, 0) is 0 Å². The second kappa shape index (κ2) is 5.81. The number of carbonyl (C=O) groups excluding carboxylic acids is 1. The molecule has 1 aromatic heterocycles. The lowest BCUT2D eigenvalue weighted by Gasteiger charge is -2.16. The molecule has 1 atom stereocenters. The Kier molecular flexibility index (Phi) is 3.49. The van der Waals surface area contributed by atoms with Gasteiger partial charge in [0.15, 0.2) is 0 Å². The number of hydrogen-bond acceptors (Lipinski definition) is 2. The van der Waals surface area contributed by atoms with Crippen LogP contribution in [0, 0.1) is 5.82 Å². The van der Waals surface area contributed by atoms with Gasteiger partial charge in [-0.1, -0.05) is 30.3 Å². The van der Waals surface area contributed by atoms with E-state index < -0.39 is 0 Å². The number of imidazole rings is 1. The van der Waals surface area contributed by atoms with E-state index >= 15 is 0 Å². The van der Waals surface area contributed by atoms with Crippen molar-refractivity contribution in [2.24, 2.45) is 0 Å². The van der Waals surface area contributed by atoms with Crippen molar-refractivity contribution in [1.29, 1.82) is 0 Å². The van der Waals surface area contributed by atoms with Gasteiger partial charge in [0, 0.05) is 17.8 Å². The van der Waals surface area contributed by atoms with E-state index in [1.807, 2.05) is 22.9 Å². The van der Waals surface area contributed by atoms with Crippen molar-refractivity contribution in [2.45, 2.75) is 6.04 Å². The van der Waals surface area contributed by atoms with E-state index in [1.165, 1.54) is 12.1 Å². The Morgan fingerprint density at radius 2 is 2.08 bits per heavy atom. The molecule has 24 heavy (non-hydrogen) atoms. The first-order chi connectivity index (χ1) is 11.7. The van der Waals surface area contributed by atoms with Gasteiger partial charge in [-0.25, -0.2) is 14.2 Å². The smallest absolute Gasteiger partial charge is 0.319 e. The summed E-state index contributed by atoms with van der Waals surface area (Å²) in [5.41, 5.74) is 3.75. The van der Waals surface area contributed by atoms with E-state index in [0.717, 1.165) is 16.8 Å². The molecule has 6 heteroatoms. The Morgan fingerprint density at radius 1 is 1.21 bits per heavy atom. The monoisotopic (exact) mass is 322 g/mol. The molecule has 0 fully saturated rings. The van der Waals surface area contributed by atoms with Crippen LogP contribution in [0.1, 0.15) is 11.6 Å². The molecule has 0 aliphatic carbocycles. The van der Waals surface area contributed by atoms with Gasteiger partial charge in [0.25, 0.3) is 0 Å². The largest absolute Gasteiger partial charge is 0.335 e. The van der Waals surface area contributed by atoms with Crippen LogP contribution in [0.5, 0.6) is 0 Å². The molecular formula is C18H15FN4O. The first-order valence-electron chi connectivity index (χ1n) is 7.64. The minimum atomic E-state index is -0.388. The van der Waals surface area contributed by atoms with Crippen molar-refractivity contribution in [1.82, 2.24) is 14.9 Å². The summed E-state index contributed by atoms with van der Waals surface area (Å²) >= 11 is 0. The molecule has 0 bridgehead atoms. The van der Waals surface area contributed by atoms with Crippen LogP contribution >= 0.6 is 0 Å². The molecule has 0 saturated heterocycles. The van der Waals surface area contributed by atoms with Gasteiger partial charge in [0.1, 0.15) is 5.82 Å². The normalized spacial score (nSPS) is 14.8. The fraction of sp³-hybridized carbons (Fsp3) is 0.111. The minimum Gasteiger partial charge on any atom is -0.335 e. The van der Waals surface area contributed by atoms with E-state index in [9.17, 15) is 9.18 Å². The quantitative estimate of drug-likeness (QED) is 0.776. The molecule has 2 N–H and O–H groups in total. The predicted molar refractivity (Wildman–Crippen MR) is 89.2 cm³/mol. The molecule has 1 aliphatic rings. The number of aromatic nitrogens is 2. The summed E-state index contributed by atoms with van der Waals surface area (Å²) in [6.07, 6.45) is 3.60. The molecular weight excluding hydrogens is 307 g/mol. The molecule has 120 valence electrons. The van der Waals surface area contributed by atoms with Gasteiger partial charge in [-0.2, -0.15) is 0 Å². The maximum atomic E-state index is 13.2. The van der Waals surface area contributed by atoms with Gasteiger partial charge in [-0.3, -0.25) is 0 Å². The van der Waals surface area contributed by atoms with Gasteiger partial charge >= 0.3 is 6.03 Å². The summed E-state index contributed by atoms with van der Waals surface area (Å²) in [4.78, 5) is 16.3. The van der Waals surface area contributed by atoms with Gasteiger partial charge in [0.2, 0.25) is 0 Å². The molecule has 2 heterocycles. The number of rotatable bonds is 3. The van der Waals surface area contributed by atoms with Crippen molar-refractivity contribution < 1.29 is 9.18 Å². The van der Waals surface area contributed by atoms with Crippen LogP contribution in [0.2, 0.25) is 0 Å². The predicted octanol–water partition coefficient (Wildman–Crippen LogP) is 3.41. The van der Waals surface area contributed by atoms with Crippen molar-refractivity contribution in [2.75, 3.05) is 11.9 Å². The zero-order valence-electron chi connectivity index (χ0n) is 12.7. The molecule has 2 aromatic carbocycles. The van der Waals surface area contributed by atoms with Crippen LogP contribution in [-0.4, -0.2) is 22.1 Å². The third kappa shape index (κ3) is 2.52. The molecule has 4 rings (SSSR count). The van der Waals surface area contributed by atoms with Crippen molar-refractivity contribution in [3.05, 3.63) is 72.4 Å². The average molecular weight is 322 g/mol. The maximum Gasteiger partial charge on any atom is 0.319 e. The fourth-order valence-corrected chi connectivity index (χ4v) is 3.07. The van der Waals surface area contributed by atoms with E-state index in [4.69, 9.17) is 0 Å². The summed E-state index contributed by atoms with van der Waals surface area (Å²) < 4.78 is 15.2. The number of urea groups is 1. The first-order valence-corrected chi connectivity index (χ1v) is 7.64. The Hall–Kier alpha value is -3.15. The van der Waals surface area contributed by atoms with E-state index in [2.05, 4.69) is 27.8 Å². The highest BCUT2D eigenvalue weighted by Gasteiger charge is 2.28. The SMILES string of the molecule is O=C(NCC1c2ccccc2-c2cncn21)Nc1cccc(F)c1. The number of nitrogens with one attached hydrogen (secondary N) is 2. The first kappa shape index (κ1) is 14.4. The topological polar surface area (TPSA) is 59.0 Å². The van der Waals surface area contributed by atoms with Gasteiger partial charge in [-0.05, 0) is 23.8 Å². The van der Waals surface area contributed by atoms with Crippen LogP contribution in [0.15, 0.2) is 61.1 Å². The Morgan fingerprint density at radius 3 is 2.96 bits per heavy atom. The lowest BCUT2D eigenvalue weighted by molar-refractivity contribution is 0.251. The summed E-state index contributed by atoms with van der Waals surface area (Å²) in [5.74, 6) is -0.388. The molecule has 5 nitrogen and oxygen atoms in total. The highest BCUT2D eigenvalue weighted by Crippen LogP contribution is 2.38. The lowest BCUT2D eigenvalue weighted by Crippen LogP contribution is -2.33. The number of amides is 2. The van der Waals surface area contributed by atoms with Crippen LogP contribution in [0.4, 0.5) is 14.9 Å². The molecule has 1 unspecified atom stereocenters. The number of hydrogen-bond donors (Lipinski definition) is 2. The van der Waals surface area contributed by atoms with E-state index in [1.54, 1.807) is 18.5 Å². The van der Waals surface area contributed by atoms with Crippen LogP contribution in [0.3, 0.4) is 0 Å².